The van der Waals surface area contributed by atoms with Crippen LogP contribution in [0.1, 0.15) is 48.5 Å². The third-order valence-corrected chi connectivity index (χ3v) is 7.20. The zero-order valence-corrected chi connectivity index (χ0v) is 19.5. The van der Waals surface area contributed by atoms with E-state index >= 15 is 0 Å². The Kier molecular flexibility index (Phi) is 7.90. The van der Waals surface area contributed by atoms with Gasteiger partial charge >= 0.3 is 0 Å². The lowest BCUT2D eigenvalue weighted by molar-refractivity contribution is -0.126. The van der Waals surface area contributed by atoms with Gasteiger partial charge < -0.3 is 10.2 Å². The highest BCUT2D eigenvalue weighted by Gasteiger charge is 2.29. The summed E-state index contributed by atoms with van der Waals surface area (Å²) in [6.07, 6.45) is 3.47. The fourth-order valence-electron chi connectivity index (χ4n) is 3.87. The van der Waals surface area contributed by atoms with E-state index in [9.17, 15) is 18.0 Å². The molecule has 2 N–H and O–H groups in total. The summed E-state index contributed by atoms with van der Waals surface area (Å²) in [5, 5.41) is 2.95. The number of hydrogen-bond acceptors (Lipinski definition) is 4. The minimum Gasteiger partial charge on any atom is -0.356 e. The molecular weight excluding hydrogens is 426 g/mol. The number of unbranched alkanes of at least 4 members (excludes halogenated alkanes) is 1. The molecule has 2 aromatic carbocycles. The number of nitrogens with zero attached hydrogens (tertiary/aromatic N) is 1. The molecule has 0 bridgehead atoms. The molecule has 7 nitrogen and oxygen atoms in total. The summed E-state index contributed by atoms with van der Waals surface area (Å²) in [6, 6.07) is 13.2. The Hall–Kier alpha value is -2.87. The van der Waals surface area contributed by atoms with Crippen LogP contribution in [0, 0.1) is 12.8 Å². The van der Waals surface area contributed by atoms with Crippen LogP contribution in [-0.2, 0) is 14.8 Å². The Bertz CT molecular complexity index is 1070. The summed E-state index contributed by atoms with van der Waals surface area (Å²) in [5.74, 6) is -0.420. The first-order valence-corrected chi connectivity index (χ1v) is 12.6. The van der Waals surface area contributed by atoms with Crippen LogP contribution in [0.2, 0.25) is 0 Å². The second-order valence-corrected chi connectivity index (χ2v) is 9.84. The number of amides is 2. The van der Waals surface area contributed by atoms with E-state index in [1.165, 1.54) is 0 Å². The average Bonchev–Trinajstić information content (AvgIpc) is 2.79. The quantitative estimate of drug-likeness (QED) is 0.593. The molecule has 0 radical (unpaired) electrons. The Labute approximate surface area is 190 Å². The fourth-order valence-corrected chi connectivity index (χ4v) is 5.17. The highest BCUT2D eigenvalue weighted by atomic mass is 32.2. The zero-order chi connectivity index (χ0) is 23.1. The third kappa shape index (κ3) is 5.88. The first-order chi connectivity index (χ1) is 15.3. The van der Waals surface area contributed by atoms with Gasteiger partial charge in [-0.05, 0) is 56.0 Å². The molecule has 0 unspecified atom stereocenters. The lowest BCUT2D eigenvalue weighted by Crippen LogP contribution is -2.45. The molecule has 1 aliphatic heterocycles. The molecular formula is C24H31N3O4S. The molecule has 32 heavy (non-hydrogen) atoms. The number of benzene rings is 2. The summed E-state index contributed by atoms with van der Waals surface area (Å²) < 4.78 is 28.1. The number of nitrogens with one attached hydrogen (secondary N) is 2. The molecule has 1 fully saturated rings. The Morgan fingerprint density at radius 1 is 1.12 bits per heavy atom. The molecule has 1 atom stereocenters. The largest absolute Gasteiger partial charge is 0.356 e. The molecule has 3 rings (SSSR count). The van der Waals surface area contributed by atoms with E-state index in [2.05, 4.69) is 17.0 Å². The second kappa shape index (κ2) is 10.6. The summed E-state index contributed by atoms with van der Waals surface area (Å²) in [5.41, 5.74) is 1.36. The number of likely N-dealkylation sites (tertiary alicyclic amines) is 1. The molecule has 0 aliphatic carbocycles. The smallest absolute Gasteiger partial charge is 0.262 e. The van der Waals surface area contributed by atoms with Crippen molar-refractivity contribution in [2.24, 2.45) is 5.92 Å². The molecule has 1 heterocycles. The van der Waals surface area contributed by atoms with Crippen molar-refractivity contribution >= 4 is 27.5 Å². The zero-order valence-electron chi connectivity index (χ0n) is 18.6. The molecule has 1 aliphatic rings. The van der Waals surface area contributed by atoms with E-state index in [0.29, 0.717) is 36.4 Å². The molecule has 2 amide bonds. The van der Waals surface area contributed by atoms with Crippen LogP contribution in [0.25, 0.3) is 0 Å². The standard InChI is InChI=1S/C24H31N3O4S/c1-3-4-14-25-23(28)20-11-8-15-27(17-20)24(29)19-10-7-12-21(16-19)26-32(30,31)22-13-6-5-9-18(22)2/h5-7,9-10,12-13,16,20,26H,3-4,8,11,14-15,17H2,1-2H3,(H,25,28)/t20-/m0/s1. The fraction of sp³-hybridized carbons (Fsp3) is 0.417. The highest BCUT2D eigenvalue weighted by molar-refractivity contribution is 7.92. The lowest BCUT2D eigenvalue weighted by Gasteiger charge is -2.32. The summed E-state index contributed by atoms with van der Waals surface area (Å²) >= 11 is 0. The second-order valence-electron chi connectivity index (χ2n) is 8.19. The van der Waals surface area contributed by atoms with E-state index < -0.39 is 10.0 Å². The van der Waals surface area contributed by atoms with Gasteiger partial charge in [-0.25, -0.2) is 8.42 Å². The van der Waals surface area contributed by atoms with Gasteiger partial charge in [-0.2, -0.15) is 0 Å². The van der Waals surface area contributed by atoms with Crippen molar-refractivity contribution < 1.29 is 18.0 Å². The number of aryl methyl sites for hydroxylation is 1. The summed E-state index contributed by atoms with van der Waals surface area (Å²) in [6.45, 7) is 5.41. The first kappa shape index (κ1) is 23.8. The SMILES string of the molecule is CCCCNC(=O)[C@H]1CCCN(C(=O)c2cccc(NS(=O)(=O)c3ccccc3C)c2)C1. The van der Waals surface area contributed by atoms with Crippen molar-refractivity contribution in [2.45, 2.75) is 44.4 Å². The van der Waals surface area contributed by atoms with Crippen molar-refractivity contribution in [2.75, 3.05) is 24.4 Å². The van der Waals surface area contributed by atoms with E-state index in [4.69, 9.17) is 0 Å². The third-order valence-electron chi connectivity index (χ3n) is 5.65. The van der Waals surface area contributed by atoms with Crippen LogP contribution in [-0.4, -0.2) is 44.8 Å². The van der Waals surface area contributed by atoms with Gasteiger partial charge in [0.25, 0.3) is 15.9 Å². The van der Waals surface area contributed by atoms with Crippen molar-refractivity contribution in [3.05, 3.63) is 59.7 Å². The van der Waals surface area contributed by atoms with E-state index in [-0.39, 0.29) is 22.6 Å². The van der Waals surface area contributed by atoms with Crippen molar-refractivity contribution in [1.82, 2.24) is 10.2 Å². The summed E-state index contributed by atoms with van der Waals surface area (Å²) in [4.78, 5) is 27.4. The van der Waals surface area contributed by atoms with Gasteiger partial charge in [-0.3, -0.25) is 14.3 Å². The Balaban J connectivity index is 1.70. The van der Waals surface area contributed by atoms with Crippen LogP contribution in [0.15, 0.2) is 53.4 Å². The average molecular weight is 458 g/mol. The van der Waals surface area contributed by atoms with Gasteiger partial charge in [0.2, 0.25) is 5.91 Å². The molecule has 0 aromatic heterocycles. The van der Waals surface area contributed by atoms with Gasteiger partial charge in [-0.1, -0.05) is 37.6 Å². The number of sulfonamides is 1. The first-order valence-electron chi connectivity index (χ1n) is 11.1. The maximum atomic E-state index is 13.1. The highest BCUT2D eigenvalue weighted by Crippen LogP contribution is 2.22. The predicted octanol–water partition coefficient (Wildman–Crippen LogP) is 3.56. The van der Waals surface area contributed by atoms with Gasteiger partial charge in [0.05, 0.1) is 10.8 Å². The van der Waals surface area contributed by atoms with Crippen LogP contribution >= 0.6 is 0 Å². The van der Waals surface area contributed by atoms with Gasteiger partial charge in [0.1, 0.15) is 0 Å². The molecule has 0 spiro atoms. The van der Waals surface area contributed by atoms with Gasteiger partial charge in [-0.15, -0.1) is 0 Å². The molecule has 2 aromatic rings. The van der Waals surface area contributed by atoms with Crippen molar-refractivity contribution in [3.8, 4) is 0 Å². The maximum absolute atomic E-state index is 13.1. The molecule has 172 valence electrons. The Morgan fingerprint density at radius 3 is 2.66 bits per heavy atom. The summed E-state index contributed by atoms with van der Waals surface area (Å²) in [7, 11) is -3.77. The topological polar surface area (TPSA) is 95.6 Å². The van der Waals surface area contributed by atoms with Crippen LogP contribution < -0.4 is 10.0 Å². The molecule has 0 saturated carbocycles. The minimum absolute atomic E-state index is 0.00399. The van der Waals surface area contributed by atoms with Crippen molar-refractivity contribution in [1.29, 1.82) is 0 Å². The predicted molar refractivity (Wildman–Crippen MR) is 125 cm³/mol. The monoisotopic (exact) mass is 457 g/mol. The van der Waals surface area contributed by atoms with E-state index in [1.54, 1.807) is 60.4 Å². The number of carbonyl (C=O) groups excluding carboxylic acids is 2. The van der Waals surface area contributed by atoms with Crippen LogP contribution in [0.4, 0.5) is 5.69 Å². The number of piperidine rings is 1. The van der Waals surface area contributed by atoms with Crippen molar-refractivity contribution in [3.63, 3.8) is 0 Å². The van der Waals surface area contributed by atoms with Crippen LogP contribution in [0.5, 0.6) is 0 Å². The Morgan fingerprint density at radius 2 is 1.91 bits per heavy atom. The van der Waals surface area contributed by atoms with E-state index in [0.717, 1.165) is 25.7 Å². The number of rotatable bonds is 8. The number of carbonyl (C=O) groups is 2. The maximum Gasteiger partial charge on any atom is 0.262 e. The number of hydrogen-bond donors (Lipinski definition) is 2. The van der Waals surface area contributed by atoms with Gasteiger partial charge in [0, 0.05) is 30.9 Å². The lowest BCUT2D eigenvalue weighted by atomic mass is 9.96. The van der Waals surface area contributed by atoms with Crippen LogP contribution in [0.3, 0.4) is 0 Å². The van der Waals surface area contributed by atoms with Gasteiger partial charge in [0.15, 0.2) is 0 Å². The molecule has 8 heteroatoms. The minimum atomic E-state index is -3.77. The van der Waals surface area contributed by atoms with E-state index in [1.807, 2.05) is 0 Å². The molecule has 1 saturated heterocycles. The number of anilines is 1. The normalized spacial score (nSPS) is 16.4.